The van der Waals surface area contributed by atoms with E-state index < -0.39 is 0 Å². The van der Waals surface area contributed by atoms with Crippen molar-refractivity contribution in [2.24, 2.45) is 0 Å². The molecule has 1 amide bonds. The third-order valence-electron chi connectivity index (χ3n) is 4.35. The Kier molecular flexibility index (Phi) is 6.30. The highest BCUT2D eigenvalue weighted by atomic mass is 35.5. The van der Waals surface area contributed by atoms with E-state index in [2.05, 4.69) is 23.3 Å². The summed E-state index contributed by atoms with van der Waals surface area (Å²) in [6.07, 6.45) is 0. The van der Waals surface area contributed by atoms with Gasteiger partial charge in [-0.1, -0.05) is 59.2 Å². The summed E-state index contributed by atoms with van der Waals surface area (Å²) in [6.45, 7) is 5.84. The fourth-order valence-corrected chi connectivity index (χ4v) is 4.38. The molecule has 3 nitrogen and oxygen atoms in total. The maximum atomic E-state index is 12.6. The van der Waals surface area contributed by atoms with Crippen LogP contribution in [-0.4, -0.2) is 16.1 Å². The predicted molar refractivity (Wildman–Crippen MR) is 115 cm³/mol. The molecule has 3 rings (SSSR count). The van der Waals surface area contributed by atoms with Gasteiger partial charge in [-0.15, -0.1) is 0 Å². The van der Waals surface area contributed by atoms with Gasteiger partial charge >= 0.3 is 0 Å². The van der Waals surface area contributed by atoms with E-state index in [9.17, 15) is 4.79 Å². The highest BCUT2D eigenvalue weighted by molar-refractivity contribution is 8.00. The zero-order valence-corrected chi connectivity index (χ0v) is 17.6. The lowest BCUT2D eigenvalue weighted by Crippen LogP contribution is -2.33. The summed E-state index contributed by atoms with van der Waals surface area (Å²) in [5.74, 6) is -0.0638. The van der Waals surface area contributed by atoms with Crippen molar-refractivity contribution in [3.63, 3.8) is 0 Å². The van der Waals surface area contributed by atoms with Crippen LogP contribution in [0.2, 0.25) is 10.0 Å². The number of nitrogens with zero attached hydrogens (tertiary/aromatic N) is 1. The van der Waals surface area contributed by atoms with Crippen molar-refractivity contribution in [2.75, 3.05) is 0 Å². The second-order valence-electron chi connectivity index (χ2n) is 6.45. The zero-order chi connectivity index (χ0) is 19.6. The number of benzene rings is 2. The number of fused-ring (bicyclic) bond motifs is 1. The molecule has 0 spiro atoms. The number of hydrogen-bond donors (Lipinski definition) is 1. The fourth-order valence-electron chi connectivity index (χ4n) is 2.87. The van der Waals surface area contributed by atoms with Crippen molar-refractivity contribution in [1.29, 1.82) is 0 Å². The van der Waals surface area contributed by atoms with Gasteiger partial charge < -0.3 is 5.32 Å². The third-order valence-corrected chi connectivity index (χ3v) is 5.93. The predicted octanol–water partition coefficient (Wildman–Crippen LogP) is 6.21. The van der Waals surface area contributed by atoms with Crippen molar-refractivity contribution in [3.05, 3.63) is 69.7 Å². The zero-order valence-electron chi connectivity index (χ0n) is 15.3. The van der Waals surface area contributed by atoms with Gasteiger partial charge in [-0.05, 0) is 56.2 Å². The molecule has 1 aromatic heterocycles. The number of thioether (sulfide) groups is 1. The molecular formula is C21H20Cl2N2OS. The molecule has 0 saturated heterocycles. The van der Waals surface area contributed by atoms with Crippen LogP contribution in [0.25, 0.3) is 10.9 Å². The molecule has 1 N–H and O–H groups in total. The Labute approximate surface area is 173 Å². The Balaban J connectivity index is 1.70. The smallest absolute Gasteiger partial charge is 0.233 e. The number of nitrogens with one attached hydrogen (secondary N) is 1. The molecule has 6 heteroatoms. The summed E-state index contributed by atoms with van der Waals surface area (Å²) in [6, 6.07) is 15.1. The highest BCUT2D eigenvalue weighted by Gasteiger charge is 2.19. The van der Waals surface area contributed by atoms with Gasteiger partial charge in [0.25, 0.3) is 0 Å². The van der Waals surface area contributed by atoms with E-state index in [4.69, 9.17) is 23.2 Å². The number of amides is 1. The number of hydrogen-bond acceptors (Lipinski definition) is 3. The lowest BCUT2D eigenvalue weighted by molar-refractivity contribution is -0.120. The minimum Gasteiger partial charge on any atom is -0.349 e. The van der Waals surface area contributed by atoms with Crippen molar-refractivity contribution >= 4 is 51.8 Å². The summed E-state index contributed by atoms with van der Waals surface area (Å²) in [4.78, 5) is 17.3. The van der Waals surface area contributed by atoms with Crippen molar-refractivity contribution in [2.45, 2.75) is 37.1 Å². The third kappa shape index (κ3) is 4.75. The van der Waals surface area contributed by atoms with Gasteiger partial charge in [0.15, 0.2) is 0 Å². The van der Waals surface area contributed by atoms with E-state index in [1.807, 2.05) is 44.2 Å². The fraction of sp³-hybridized carbons (Fsp3) is 0.238. The quantitative estimate of drug-likeness (QED) is 0.500. The number of rotatable bonds is 5. The molecule has 0 aliphatic heterocycles. The number of carbonyl (C=O) groups excluding carboxylic acids is 1. The summed E-state index contributed by atoms with van der Waals surface area (Å²) in [5, 5.41) is 5.81. The molecule has 0 aliphatic carbocycles. The first-order chi connectivity index (χ1) is 12.8. The molecule has 140 valence electrons. The topological polar surface area (TPSA) is 42.0 Å². The molecule has 0 unspecified atom stereocenters. The SMILES string of the molecule is Cc1cc(S[C@H](C)C(=O)N[C@@H](C)c2ccc(Cl)cc2Cl)nc2ccccc12. The number of halogens is 2. The second kappa shape index (κ2) is 8.51. The first kappa shape index (κ1) is 20.0. The second-order valence-corrected chi connectivity index (χ2v) is 8.66. The molecule has 0 fully saturated rings. The van der Waals surface area contributed by atoms with Gasteiger partial charge in [0.2, 0.25) is 5.91 Å². The maximum Gasteiger partial charge on any atom is 0.233 e. The molecule has 0 radical (unpaired) electrons. The van der Waals surface area contributed by atoms with E-state index in [-0.39, 0.29) is 17.2 Å². The average molecular weight is 419 g/mol. The molecule has 0 bridgehead atoms. The maximum absolute atomic E-state index is 12.6. The number of aromatic nitrogens is 1. The van der Waals surface area contributed by atoms with E-state index in [1.165, 1.54) is 11.8 Å². The summed E-state index contributed by atoms with van der Waals surface area (Å²) in [7, 11) is 0. The van der Waals surface area contributed by atoms with Crippen LogP contribution in [0.3, 0.4) is 0 Å². The number of aryl methyl sites for hydroxylation is 1. The first-order valence-electron chi connectivity index (χ1n) is 8.63. The Morgan fingerprint density at radius 3 is 2.59 bits per heavy atom. The van der Waals surface area contributed by atoms with Gasteiger partial charge in [-0.3, -0.25) is 4.79 Å². The van der Waals surface area contributed by atoms with Gasteiger partial charge in [0, 0.05) is 15.4 Å². The van der Waals surface area contributed by atoms with E-state index >= 15 is 0 Å². The first-order valence-corrected chi connectivity index (χ1v) is 10.3. The standard InChI is InChI=1S/C21H20Cl2N2OS/c1-12-10-20(25-19-7-5-4-6-16(12)19)27-14(3)21(26)24-13(2)17-9-8-15(22)11-18(17)23/h4-11,13-14H,1-3H3,(H,24,26)/t13-,14+/m0/s1. The molecule has 1 heterocycles. The van der Waals surface area contributed by atoms with Crippen LogP contribution in [0.1, 0.15) is 31.0 Å². The Bertz CT molecular complexity index is 993. The number of para-hydroxylation sites is 1. The van der Waals surface area contributed by atoms with Gasteiger partial charge in [-0.25, -0.2) is 4.98 Å². The molecule has 2 atom stereocenters. The van der Waals surface area contributed by atoms with E-state index in [0.717, 1.165) is 27.1 Å². The van der Waals surface area contributed by atoms with Crippen LogP contribution in [0.4, 0.5) is 0 Å². The van der Waals surface area contributed by atoms with Crippen molar-refractivity contribution < 1.29 is 4.79 Å². The Morgan fingerprint density at radius 1 is 1.11 bits per heavy atom. The minimum atomic E-state index is -0.286. The highest BCUT2D eigenvalue weighted by Crippen LogP contribution is 2.29. The largest absolute Gasteiger partial charge is 0.349 e. The van der Waals surface area contributed by atoms with Crippen LogP contribution in [-0.2, 0) is 4.79 Å². The van der Waals surface area contributed by atoms with Crippen LogP contribution in [0, 0.1) is 6.92 Å². The van der Waals surface area contributed by atoms with Crippen LogP contribution >= 0.6 is 35.0 Å². The molecule has 2 aromatic carbocycles. The van der Waals surface area contributed by atoms with E-state index in [1.54, 1.807) is 12.1 Å². The van der Waals surface area contributed by atoms with Gasteiger partial charge in [-0.2, -0.15) is 0 Å². The lowest BCUT2D eigenvalue weighted by atomic mass is 10.1. The lowest BCUT2D eigenvalue weighted by Gasteiger charge is -2.19. The summed E-state index contributed by atoms with van der Waals surface area (Å²) >= 11 is 13.6. The monoisotopic (exact) mass is 418 g/mol. The van der Waals surface area contributed by atoms with Gasteiger partial charge in [0.05, 0.1) is 21.8 Å². The van der Waals surface area contributed by atoms with Crippen molar-refractivity contribution in [1.82, 2.24) is 10.3 Å². The number of pyridine rings is 1. The number of carbonyl (C=O) groups is 1. The Hall–Kier alpha value is -1.75. The van der Waals surface area contributed by atoms with Crippen molar-refractivity contribution in [3.8, 4) is 0 Å². The van der Waals surface area contributed by atoms with Crippen LogP contribution in [0.15, 0.2) is 53.6 Å². The summed E-state index contributed by atoms with van der Waals surface area (Å²) in [5.41, 5.74) is 2.93. The molecule has 3 aromatic rings. The minimum absolute atomic E-state index is 0.0638. The van der Waals surface area contributed by atoms with E-state index in [0.29, 0.717) is 10.0 Å². The normalized spacial score (nSPS) is 13.4. The average Bonchev–Trinajstić information content (AvgIpc) is 2.61. The van der Waals surface area contributed by atoms with Crippen LogP contribution < -0.4 is 5.32 Å². The summed E-state index contributed by atoms with van der Waals surface area (Å²) < 4.78 is 0. The van der Waals surface area contributed by atoms with Gasteiger partial charge in [0.1, 0.15) is 0 Å². The molecule has 0 saturated carbocycles. The molecular weight excluding hydrogens is 399 g/mol. The molecule has 27 heavy (non-hydrogen) atoms. The van der Waals surface area contributed by atoms with Crippen LogP contribution in [0.5, 0.6) is 0 Å². The molecule has 0 aliphatic rings. The Morgan fingerprint density at radius 2 is 1.85 bits per heavy atom.